The summed E-state index contributed by atoms with van der Waals surface area (Å²) in [4.78, 5) is 22.9. The van der Waals surface area contributed by atoms with Gasteiger partial charge in [0.2, 0.25) is 0 Å². The van der Waals surface area contributed by atoms with Crippen molar-refractivity contribution in [2.24, 2.45) is 0 Å². The fourth-order valence-corrected chi connectivity index (χ4v) is 2.61. The summed E-state index contributed by atoms with van der Waals surface area (Å²) in [5.41, 5.74) is 0.609. The zero-order valence-electron chi connectivity index (χ0n) is 10.9. The number of ether oxygens (including phenoxy) is 2. The molecule has 0 aromatic heterocycles. The highest BCUT2D eigenvalue weighted by Gasteiger charge is 2.25. The van der Waals surface area contributed by atoms with E-state index in [1.807, 2.05) is 0 Å². The first-order chi connectivity index (χ1) is 10.0. The van der Waals surface area contributed by atoms with Gasteiger partial charge in [-0.15, -0.1) is 6.42 Å². The average molecular weight is 324 g/mol. The highest BCUT2D eigenvalue weighted by Crippen LogP contribution is 2.37. The van der Waals surface area contributed by atoms with Crippen LogP contribution in [0, 0.1) is 12.3 Å². The molecule has 1 aromatic carbocycles. The third-order valence-electron chi connectivity index (χ3n) is 2.49. The first-order valence-electron chi connectivity index (χ1n) is 5.73. The third kappa shape index (κ3) is 3.51. The van der Waals surface area contributed by atoms with Gasteiger partial charge >= 0.3 is 0 Å². The quantitative estimate of drug-likeness (QED) is 0.681. The molecule has 1 fully saturated rings. The standard InChI is InChI=1S/C14H10ClNO4S/c1-3-4-20-12-9(15)5-8(6-10(12)19-2)7-11-13(17)16-14(18)21-11/h1,5-7H,4H2,2H3,(H,16,17,18)/b11-7-. The molecule has 0 bridgehead atoms. The molecule has 7 heteroatoms. The number of rotatable bonds is 4. The molecule has 1 saturated heterocycles. The molecular weight excluding hydrogens is 314 g/mol. The van der Waals surface area contributed by atoms with E-state index < -0.39 is 11.1 Å². The van der Waals surface area contributed by atoms with Gasteiger partial charge in [-0.25, -0.2) is 0 Å². The van der Waals surface area contributed by atoms with Gasteiger partial charge in [-0.2, -0.15) is 0 Å². The van der Waals surface area contributed by atoms with E-state index in [0.29, 0.717) is 22.1 Å². The van der Waals surface area contributed by atoms with Crippen LogP contribution in [0.3, 0.4) is 0 Å². The Morgan fingerprint density at radius 3 is 2.81 bits per heavy atom. The minimum Gasteiger partial charge on any atom is -0.493 e. The summed E-state index contributed by atoms with van der Waals surface area (Å²) in [6.07, 6.45) is 6.68. The maximum Gasteiger partial charge on any atom is 0.290 e. The lowest BCUT2D eigenvalue weighted by Crippen LogP contribution is -2.17. The number of carbonyl (C=O) groups is 2. The van der Waals surface area contributed by atoms with Crippen molar-refractivity contribution in [2.75, 3.05) is 13.7 Å². The van der Waals surface area contributed by atoms with Crippen molar-refractivity contribution in [3.05, 3.63) is 27.6 Å². The first-order valence-corrected chi connectivity index (χ1v) is 6.93. The molecule has 0 atom stereocenters. The molecule has 0 unspecified atom stereocenters. The van der Waals surface area contributed by atoms with E-state index in [4.69, 9.17) is 27.5 Å². The SMILES string of the molecule is C#CCOc1c(Cl)cc(/C=C2\SC(=O)NC2=O)cc1OC. The van der Waals surface area contributed by atoms with Gasteiger partial charge in [-0.05, 0) is 35.5 Å². The molecule has 1 aliphatic heterocycles. The number of imide groups is 1. The van der Waals surface area contributed by atoms with Crippen LogP contribution in [0.1, 0.15) is 5.56 Å². The smallest absolute Gasteiger partial charge is 0.290 e. The fraction of sp³-hybridized carbons (Fsp3) is 0.143. The monoisotopic (exact) mass is 323 g/mol. The van der Waals surface area contributed by atoms with Gasteiger partial charge in [0.05, 0.1) is 17.0 Å². The Morgan fingerprint density at radius 1 is 1.48 bits per heavy atom. The van der Waals surface area contributed by atoms with Crippen LogP contribution in [0.25, 0.3) is 6.08 Å². The van der Waals surface area contributed by atoms with E-state index in [2.05, 4.69) is 11.2 Å². The van der Waals surface area contributed by atoms with Gasteiger partial charge in [0, 0.05) is 0 Å². The van der Waals surface area contributed by atoms with E-state index in [1.165, 1.54) is 7.11 Å². The minimum atomic E-state index is -0.437. The highest BCUT2D eigenvalue weighted by atomic mass is 35.5. The van der Waals surface area contributed by atoms with Crippen LogP contribution in [0.2, 0.25) is 5.02 Å². The van der Waals surface area contributed by atoms with E-state index in [9.17, 15) is 9.59 Å². The molecule has 1 heterocycles. The summed E-state index contributed by atoms with van der Waals surface area (Å²) in [5, 5.41) is 2.07. The van der Waals surface area contributed by atoms with Crippen molar-refractivity contribution in [2.45, 2.75) is 0 Å². The van der Waals surface area contributed by atoms with Gasteiger partial charge in [0.25, 0.3) is 11.1 Å². The molecule has 5 nitrogen and oxygen atoms in total. The van der Waals surface area contributed by atoms with E-state index in [0.717, 1.165) is 11.8 Å². The molecule has 0 radical (unpaired) electrons. The zero-order chi connectivity index (χ0) is 15.4. The summed E-state index contributed by atoms with van der Waals surface area (Å²) in [6.45, 7) is 0.0588. The van der Waals surface area contributed by atoms with Gasteiger partial charge < -0.3 is 9.47 Å². The Balaban J connectivity index is 2.37. The Bertz CT molecular complexity index is 678. The number of benzene rings is 1. The van der Waals surface area contributed by atoms with Crippen molar-refractivity contribution in [3.8, 4) is 23.8 Å². The number of hydrogen-bond donors (Lipinski definition) is 1. The normalized spacial score (nSPS) is 15.8. The van der Waals surface area contributed by atoms with E-state index in [1.54, 1.807) is 18.2 Å². The second kappa shape index (κ2) is 6.57. The average Bonchev–Trinajstić information content (AvgIpc) is 2.75. The summed E-state index contributed by atoms with van der Waals surface area (Å²) >= 11 is 6.95. The molecule has 21 heavy (non-hydrogen) atoms. The summed E-state index contributed by atoms with van der Waals surface area (Å²) in [5.74, 6) is 2.62. The molecule has 0 spiro atoms. The lowest BCUT2D eigenvalue weighted by atomic mass is 10.2. The third-order valence-corrected chi connectivity index (χ3v) is 3.58. The summed E-state index contributed by atoms with van der Waals surface area (Å²) in [7, 11) is 1.46. The van der Waals surface area contributed by atoms with Crippen LogP contribution in [-0.2, 0) is 4.79 Å². The number of halogens is 1. The molecule has 2 amide bonds. The topological polar surface area (TPSA) is 64.6 Å². The van der Waals surface area contributed by atoms with Gasteiger partial charge in [0.1, 0.15) is 6.61 Å². The Hall–Kier alpha value is -2.10. The summed E-state index contributed by atoms with van der Waals surface area (Å²) < 4.78 is 10.5. The lowest BCUT2D eigenvalue weighted by molar-refractivity contribution is -0.115. The maximum atomic E-state index is 11.5. The molecule has 1 aliphatic rings. The maximum absolute atomic E-state index is 11.5. The van der Waals surface area contributed by atoms with Crippen molar-refractivity contribution in [3.63, 3.8) is 0 Å². The zero-order valence-corrected chi connectivity index (χ0v) is 12.5. The molecule has 1 aromatic rings. The number of hydrogen-bond acceptors (Lipinski definition) is 5. The van der Waals surface area contributed by atoms with Crippen LogP contribution < -0.4 is 14.8 Å². The van der Waals surface area contributed by atoms with Gasteiger partial charge in [-0.1, -0.05) is 17.5 Å². The Labute approximate surface area is 130 Å². The van der Waals surface area contributed by atoms with Crippen LogP contribution in [-0.4, -0.2) is 24.9 Å². The van der Waals surface area contributed by atoms with Crippen LogP contribution >= 0.6 is 23.4 Å². The molecule has 0 aliphatic carbocycles. The molecule has 2 rings (SSSR count). The van der Waals surface area contributed by atoms with Crippen molar-refractivity contribution in [1.82, 2.24) is 5.32 Å². The van der Waals surface area contributed by atoms with E-state index in [-0.39, 0.29) is 11.5 Å². The lowest BCUT2D eigenvalue weighted by Gasteiger charge is -2.11. The summed E-state index contributed by atoms with van der Waals surface area (Å²) in [6, 6.07) is 3.24. The van der Waals surface area contributed by atoms with Crippen LogP contribution in [0.5, 0.6) is 11.5 Å². The largest absolute Gasteiger partial charge is 0.493 e. The Morgan fingerprint density at radius 2 is 2.24 bits per heavy atom. The van der Waals surface area contributed by atoms with Crippen LogP contribution in [0.15, 0.2) is 17.0 Å². The number of methoxy groups -OCH3 is 1. The van der Waals surface area contributed by atoms with Crippen LogP contribution in [0.4, 0.5) is 4.79 Å². The second-order valence-electron chi connectivity index (χ2n) is 3.88. The van der Waals surface area contributed by atoms with Gasteiger partial charge in [0.15, 0.2) is 11.5 Å². The number of amides is 2. The second-order valence-corrected chi connectivity index (χ2v) is 5.30. The van der Waals surface area contributed by atoms with Crippen molar-refractivity contribution >= 4 is 40.6 Å². The van der Waals surface area contributed by atoms with E-state index >= 15 is 0 Å². The first kappa shape index (κ1) is 15.3. The fourth-order valence-electron chi connectivity index (χ4n) is 1.65. The molecule has 108 valence electrons. The number of terminal acetylenes is 1. The minimum absolute atomic E-state index is 0.0588. The Kier molecular flexibility index (Phi) is 4.78. The number of thioether (sulfide) groups is 1. The van der Waals surface area contributed by atoms with Crippen molar-refractivity contribution < 1.29 is 19.1 Å². The van der Waals surface area contributed by atoms with Crippen molar-refractivity contribution in [1.29, 1.82) is 0 Å². The molecular formula is C14H10ClNO4S. The predicted molar refractivity (Wildman–Crippen MR) is 81.4 cm³/mol. The molecule has 1 N–H and O–H groups in total. The highest BCUT2D eigenvalue weighted by molar-refractivity contribution is 8.18. The molecule has 0 saturated carbocycles. The van der Waals surface area contributed by atoms with Gasteiger partial charge in [-0.3, -0.25) is 14.9 Å². The number of carbonyl (C=O) groups excluding carboxylic acids is 2. The number of nitrogens with one attached hydrogen (secondary N) is 1. The predicted octanol–water partition coefficient (Wildman–Crippen LogP) is 2.68.